The summed E-state index contributed by atoms with van der Waals surface area (Å²) in [6.45, 7) is 0. The fraction of sp³-hybridized carbons (Fsp3) is 0. The maximum absolute atomic E-state index is 13.4. The number of hydrogen-bond donors (Lipinski definition) is 2. The molecule has 2 N–H and O–H groups in total. The molecule has 0 aliphatic carbocycles. The summed E-state index contributed by atoms with van der Waals surface area (Å²) in [5, 5.41) is 0. The Morgan fingerprint density at radius 1 is 0.509 bits per heavy atom. The van der Waals surface area contributed by atoms with Gasteiger partial charge in [0.05, 0.1) is 33.2 Å². The van der Waals surface area contributed by atoms with E-state index in [4.69, 9.17) is 9.97 Å². The van der Waals surface area contributed by atoms with Gasteiger partial charge in [-0.05, 0) is 64.7 Å². The van der Waals surface area contributed by atoms with Crippen molar-refractivity contribution >= 4 is 54.8 Å². The third-order valence-corrected chi connectivity index (χ3v) is 10.2. The molecule has 3 aromatic heterocycles. The number of hydrogen-bond acceptors (Lipinski definition) is 5. The number of aromatic nitrogens is 4. The maximum Gasteiger partial charge on any atom is 1.00 e. The van der Waals surface area contributed by atoms with Gasteiger partial charge in [0.1, 0.15) is 10.1 Å². The van der Waals surface area contributed by atoms with Crippen LogP contribution in [-0.4, -0.2) is 32.9 Å². The van der Waals surface area contributed by atoms with Crippen LogP contribution in [0.4, 0.5) is 0 Å². The zero-order valence-electron chi connectivity index (χ0n) is 27.9. The quantitative estimate of drug-likeness (QED) is 0.133. The van der Waals surface area contributed by atoms with E-state index in [-0.39, 0.29) is 38.6 Å². The number of fused-ring (bicyclic) bond motifs is 8. The van der Waals surface area contributed by atoms with Crippen LogP contribution in [0.25, 0.3) is 78.1 Å². The van der Waals surface area contributed by atoms with Gasteiger partial charge in [-0.15, -0.1) is 0 Å². The maximum atomic E-state index is 13.4. The second-order valence-electron chi connectivity index (χ2n) is 12.6. The van der Waals surface area contributed by atoms with Crippen molar-refractivity contribution in [3.8, 4) is 33.4 Å². The molecular formula is C44H29AgN4O3S. The molecule has 0 saturated carbocycles. The SMILES string of the molecule is O=S(=O)([O-])C1=C(c2ccccc2)c2nc1cc1ccc(cc3nc(cc4[nH]c(c2-c2ccccc2)c(-c2ccccc2)c4-c2ccccc2)C=C3)[nH]1.[Ag+]. The van der Waals surface area contributed by atoms with E-state index in [1.807, 2.05) is 133 Å². The Kier molecular flexibility index (Phi) is 9.00. The molecular weight excluding hydrogens is 772 g/mol. The van der Waals surface area contributed by atoms with Crippen molar-refractivity contribution in [3.05, 3.63) is 180 Å². The van der Waals surface area contributed by atoms with Gasteiger partial charge in [0.15, 0.2) is 0 Å². The van der Waals surface area contributed by atoms with E-state index in [0.717, 1.165) is 50.2 Å². The smallest absolute Gasteiger partial charge is 0.744 e. The van der Waals surface area contributed by atoms with E-state index in [0.29, 0.717) is 27.9 Å². The van der Waals surface area contributed by atoms with Crippen molar-refractivity contribution in [2.45, 2.75) is 0 Å². The van der Waals surface area contributed by atoms with Gasteiger partial charge in [0, 0.05) is 38.8 Å². The molecule has 0 atom stereocenters. The van der Waals surface area contributed by atoms with Gasteiger partial charge < -0.3 is 14.5 Å². The Labute approximate surface area is 321 Å². The number of H-pyrrole nitrogens is 2. The first kappa shape index (κ1) is 34.2. The molecule has 9 rings (SSSR count). The summed E-state index contributed by atoms with van der Waals surface area (Å²) in [5.74, 6) is 0. The van der Waals surface area contributed by atoms with Crippen LogP contribution in [0, 0.1) is 0 Å². The third kappa shape index (κ3) is 6.44. The molecule has 2 aliphatic rings. The Balaban J connectivity index is 0.00000400. The summed E-state index contributed by atoms with van der Waals surface area (Å²) >= 11 is 0. The molecule has 2 aliphatic heterocycles. The zero-order chi connectivity index (χ0) is 35.2. The van der Waals surface area contributed by atoms with Crippen molar-refractivity contribution < 1.29 is 35.4 Å². The van der Waals surface area contributed by atoms with Crippen molar-refractivity contribution in [3.63, 3.8) is 0 Å². The summed E-state index contributed by atoms with van der Waals surface area (Å²) in [5.41, 5.74) is 10.8. The number of aromatic amines is 2. The van der Waals surface area contributed by atoms with Gasteiger partial charge in [-0.25, -0.2) is 18.4 Å². The van der Waals surface area contributed by atoms with E-state index < -0.39 is 10.1 Å². The second-order valence-corrected chi connectivity index (χ2v) is 13.9. The van der Waals surface area contributed by atoms with Crippen molar-refractivity contribution in [1.82, 2.24) is 19.9 Å². The Morgan fingerprint density at radius 2 is 1.00 bits per heavy atom. The fourth-order valence-electron chi connectivity index (χ4n) is 7.09. The van der Waals surface area contributed by atoms with Crippen molar-refractivity contribution in [2.24, 2.45) is 0 Å². The zero-order valence-corrected chi connectivity index (χ0v) is 30.2. The minimum Gasteiger partial charge on any atom is -0.744 e. The van der Waals surface area contributed by atoms with E-state index in [9.17, 15) is 13.0 Å². The van der Waals surface area contributed by atoms with E-state index in [1.165, 1.54) is 0 Å². The van der Waals surface area contributed by atoms with Gasteiger partial charge in [-0.3, -0.25) is 0 Å². The first-order chi connectivity index (χ1) is 25.4. The van der Waals surface area contributed by atoms with Gasteiger partial charge in [0.25, 0.3) is 0 Å². The van der Waals surface area contributed by atoms with Crippen LogP contribution in [0.3, 0.4) is 0 Å². The van der Waals surface area contributed by atoms with Crippen LogP contribution in [0.5, 0.6) is 0 Å². The molecule has 0 spiro atoms. The first-order valence-corrected chi connectivity index (χ1v) is 18.2. The molecule has 0 fully saturated rings. The summed E-state index contributed by atoms with van der Waals surface area (Å²) in [6.07, 6.45) is 3.95. The van der Waals surface area contributed by atoms with Crippen LogP contribution >= 0.6 is 0 Å². The van der Waals surface area contributed by atoms with Crippen LogP contribution in [-0.2, 0) is 32.5 Å². The third-order valence-electron chi connectivity index (χ3n) is 9.25. The molecule has 0 amide bonds. The summed E-state index contributed by atoms with van der Waals surface area (Å²) in [7, 11) is -5.05. The average molecular weight is 802 g/mol. The van der Waals surface area contributed by atoms with Crippen molar-refractivity contribution in [1.29, 1.82) is 0 Å². The number of benzene rings is 4. The van der Waals surface area contributed by atoms with Gasteiger partial charge in [0.2, 0.25) is 0 Å². The molecule has 260 valence electrons. The molecule has 7 nitrogen and oxygen atoms in total. The topological polar surface area (TPSA) is 115 Å². The average Bonchev–Trinajstić information content (AvgIpc) is 3.96. The second kappa shape index (κ2) is 13.9. The van der Waals surface area contributed by atoms with Gasteiger partial charge >= 0.3 is 22.4 Å². The number of nitrogens with one attached hydrogen (secondary N) is 2. The largest absolute Gasteiger partial charge is 1.00 e. The van der Waals surface area contributed by atoms with Gasteiger partial charge in [-0.2, -0.15) is 0 Å². The van der Waals surface area contributed by atoms with Crippen LogP contribution < -0.4 is 0 Å². The molecule has 5 heterocycles. The van der Waals surface area contributed by atoms with Crippen molar-refractivity contribution in [2.75, 3.05) is 0 Å². The Bertz CT molecular complexity index is 2850. The standard InChI is InChI=1S/C44H30N4O3S.Ag/c49-52(50,51)44-37-27-35-24-22-33(46-35)25-32-21-23-34(45-32)26-36-38(28-13-5-1-6-14-28)39(29-15-7-2-8-16-29)42(47-36)40(30-17-9-3-10-18-30)43(48-37)41(44)31-19-11-4-12-20-31;/h1-27,46-47H,(H,49,50,51);/q;+1/p-1. The summed E-state index contributed by atoms with van der Waals surface area (Å²) in [6, 6.07) is 48.4. The van der Waals surface area contributed by atoms with E-state index in [1.54, 1.807) is 6.07 Å². The summed E-state index contributed by atoms with van der Waals surface area (Å²) in [4.78, 5) is 16.8. The monoisotopic (exact) mass is 800 g/mol. The predicted octanol–water partition coefficient (Wildman–Crippen LogP) is 9.95. The Hall–Kier alpha value is -5.87. The van der Waals surface area contributed by atoms with Crippen LogP contribution in [0.15, 0.2) is 152 Å². The predicted molar refractivity (Wildman–Crippen MR) is 208 cm³/mol. The number of rotatable bonds is 5. The normalized spacial score (nSPS) is 12.5. The molecule has 0 saturated heterocycles. The van der Waals surface area contributed by atoms with Gasteiger partial charge in [-0.1, -0.05) is 121 Å². The molecule has 0 radical (unpaired) electrons. The van der Waals surface area contributed by atoms with E-state index >= 15 is 0 Å². The Morgan fingerprint density at radius 3 is 1.57 bits per heavy atom. The molecule has 4 aromatic carbocycles. The van der Waals surface area contributed by atoms with Crippen LogP contribution in [0.2, 0.25) is 0 Å². The minimum atomic E-state index is -5.05. The minimum absolute atomic E-state index is 0. The number of nitrogens with zero attached hydrogens (tertiary/aromatic N) is 2. The molecule has 7 aromatic rings. The molecule has 0 unspecified atom stereocenters. The summed E-state index contributed by atoms with van der Waals surface area (Å²) < 4.78 is 40.3. The van der Waals surface area contributed by atoms with E-state index in [2.05, 4.69) is 34.2 Å². The first-order valence-electron chi connectivity index (χ1n) is 16.8. The molecule has 53 heavy (non-hydrogen) atoms. The fourth-order valence-corrected chi connectivity index (χ4v) is 7.92. The molecule has 8 bridgehead atoms. The molecule has 9 heteroatoms. The van der Waals surface area contributed by atoms with Crippen LogP contribution in [0.1, 0.15) is 28.3 Å².